The molecule has 0 atom stereocenters. The van der Waals surface area contributed by atoms with Crippen LogP contribution in [0.5, 0.6) is 0 Å². The van der Waals surface area contributed by atoms with Gasteiger partial charge in [0.25, 0.3) is 0 Å². The van der Waals surface area contributed by atoms with E-state index in [1.807, 2.05) is 74.5 Å². The number of esters is 2. The summed E-state index contributed by atoms with van der Waals surface area (Å²) in [5.41, 5.74) is 4.35. The van der Waals surface area contributed by atoms with E-state index in [2.05, 4.69) is 19.1 Å². The molecule has 41 heavy (non-hydrogen) atoms. The summed E-state index contributed by atoms with van der Waals surface area (Å²) < 4.78 is 11.0. The molecule has 0 saturated heterocycles. The van der Waals surface area contributed by atoms with Gasteiger partial charge in [0.05, 0.1) is 30.9 Å². The van der Waals surface area contributed by atoms with E-state index in [0.717, 1.165) is 36.3 Å². The summed E-state index contributed by atoms with van der Waals surface area (Å²) in [5.74, 6) is -0.645. The lowest BCUT2D eigenvalue weighted by Gasteiger charge is -2.38. The number of unbranched alkanes of at least 4 members (excludes halogenated alkanes) is 7. The van der Waals surface area contributed by atoms with Gasteiger partial charge in [-0.25, -0.2) is 9.59 Å². The van der Waals surface area contributed by atoms with E-state index in [1.54, 1.807) is 0 Å². The Labute approximate surface area is 251 Å². The molecule has 3 rings (SSSR count). The lowest BCUT2D eigenvalue weighted by atomic mass is 10.0. The van der Waals surface area contributed by atoms with Crippen LogP contribution >= 0.6 is 11.6 Å². The van der Waals surface area contributed by atoms with E-state index >= 15 is 0 Å². The van der Waals surface area contributed by atoms with Gasteiger partial charge in [-0.1, -0.05) is 69.2 Å². The predicted molar refractivity (Wildman–Crippen MR) is 169 cm³/mol. The van der Waals surface area contributed by atoms with Crippen LogP contribution in [0.4, 0.5) is 11.4 Å². The molecule has 3 aromatic carbocycles. The maximum absolute atomic E-state index is 12.4. The number of benzene rings is 3. The third kappa shape index (κ3) is 9.44. The molecule has 0 bridgehead atoms. The summed E-state index contributed by atoms with van der Waals surface area (Å²) in [4.78, 5) is 24.8. The zero-order valence-electron chi connectivity index (χ0n) is 24.9. The normalized spacial score (nSPS) is 11.3. The minimum absolute atomic E-state index is 0.322. The quantitative estimate of drug-likeness (QED) is 0.0908. The first-order valence-electron chi connectivity index (χ1n) is 15.1. The Bertz CT molecular complexity index is 1140. The number of rotatable bonds is 17. The van der Waals surface area contributed by atoms with Crippen molar-refractivity contribution < 1.29 is 19.1 Å². The van der Waals surface area contributed by atoms with Crippen LogP contribution < -0.4 is 4.48 Å². The van der Waals surface area contributed by atoms with Crippen molar-refractivity contribution in [2.75, 3.05) is 19.8 Å². The van der Waals surface area contributed by atoms with E-state index in [4.69, 9.17) is 21.1 Å². The van der Waals surface area contributed by atoms with E-state index in [0.29, 0.717) is 40.4 Å². The van der Waals surface area contributed by atoms with Gasteiger partial charge in [-0.05, 0) is 63.1 Å². The van der Waals surface area contributed by atoms with E-state index < -0.39 is 0 Å². The van der Waals surface area contributed by atoms with Crippen LogP contribution in [0.1, 0.15) is 98.4 Å². The highest BCUT2D eigenvalue weighted by molar-refractivity contribution is 6.30. The van der Waals surface area contributed by atoms with Crippen LogP contribution in [-0.4, -0.2) is 31.7 Å². The van der Waals surface area contributed by atoms with Crippen LogP contribution in [-0.2, 0) is 16.0 Å². The average Bonchev–Trinajstić information content (AvgIpc) is 2.99. The third-order valence-corrected chi connectivity index (χ3v) is 7.76. The van der Waals surface area contributed by atoms with E-state index in [9.17, 15) is 9.59 Å². The number of halogens is 1. The molecule has 0 aliphatic heterocycles. The van der Waals surface area contributed by atoms with Gasteiger partial charge in [0.1, 0.15) is 17.9 Å². The first-order valence-corrected chi connectivity index (χ1v) is 15.5. The summed E-state index contributed by atoms with van der Waals surface area (Å²) in [6.07, 6.45) is 9.85. The molecule has 0 N–H and O–H groups in total. The van der Waals surface area contributed by atoms with Crippen molar-refractivity contribution in [3.05, 3.63) is 94.5 Å². The van der Waals surface area contributed by atoms with Crippen LogP contribution in [0.25, 0.3) is 0 Å². The Hall–Kier alpha value is -3.15. The second kappa shape index (κ2) is 17.0. The van der Waals surface area contributed by atoms with Gasteiger partial charge >= 0.3 is 11.9 Å². The standard InChI is InChI=1S/C35H45ClNO4/c1-4-7-8-9-10-11-12-13-26-37(27-28-14-20-31(36)21-15-28,32-22-16-29(17-23-32)34(38)40-5-2)33-24-18-30(19-25-33)35(39)41-6-3/h14-25H,4-13,26-27H2,1-3H3/q+1. The largest absolute Gasteiger partial charge is 0.462 e. The second-order valence-corrected chi connectivity index (χ2v) is 10.9. The van der Waals surface area contributed by atoms with E-state index in [-0.39, 0.29) is 11.9 Å². The SMILES string of the molecule is CCCCCCCCCC[N+](Cc1ccc(Cl)cc1)(c1ccc(C(=O)OCC)cc1)c1ccc(C(=O)OCC)cc1. The van der Waals surface area contributed by atoms with Crippen molar-refractivity contribution in [3.63, 3.8) is 0 Å². The summed E-state index contributed by atoms with van der Waals surface area (Å²) in [5, 5.41) is 0.701. The van der Waals surface area contributed by atoms with Gasteiger partial charge < -0.3 is 9.47 Å². The number of carbonyl (C=O) groups excluding carboxylic acids is 2. The molecule has 0 aliphatic carbocycles. The van der Waals surface area contributed by atoms with Crippen molar-refractivity contribution in [3.8, 4) is 0 Å². The molecule has 0 heterocycles. The topological polar surface area (TPSA) is 52.6 Å². The van der Waals surface area contributed by atoms with Crippen LogP contribution in [0.3, 0.4) is 0 Å². The van der Waals surface area contributed by atoms with Crippen molar-refractivity contribution in [2.24, 2.45) is 0 Å². The van der Waals surface area contributed by atoms with Crippen LogP contribution in [0.2, 0.25) is 5.02 Å². The first kappa shape index (κ1) is 32.4. The molecule has 0 radical (unpaired) electrons. The number of nitrogens with zero attached hydrogens (tertiary/aromatic N) is 1. The summed E-state index contributed by atoms with van der Waals surface area (Å²) in [6, 6.07) is 23.5. The van der Waals surface area contributed by atoms with Gasteiger partial charge in [-0.2, -0.15) is 0 Å². The third-order valence-electron chi connectivity index (χ3n) is 7.50. The van der Waals surface area contributed by atoms with Gasteiger partial charge in [-0.15, -0.1) is 0 Å². The van der Waals surface area contributed by atoms with E-state index in [1.165, 1.54) is 38.5 Å². The van der Waals surface area contributed by atoms with Gasteiger partial charge in [0.15, 0.2) is 0 Å². The van der Waals surface area contributed by atoms with Crippen molar-refractivity contribution in [2.45, 2.75) is 78.7 Å². The number of hydrogen-bond acceptors (Lipinski definition) is 4. The zero-order valence-corrected chi connectivity index (χ0v) is 25.6. The van der Waals surface area contributed by atoms with Gasteiger partial charge in [0.2, 0.25) is 0 Å². The summed E-state index contributed by atoms with van der Waals surface area (Å²) in [6.45, 7) is 8.11. The zero-order chi connectivity index (χ0) is 29.5. The highest BCUT2D eigenvalue weighted by atomic mass is 35.5. The van der Waals surface area contributed by atoms with Crippen LogP contribution in [0.15, 0.2) is 72.8 Å². The highest BCUT2D eigenvalue weighted by Crippen LogP contribution is 2.38. The fraction of sp³-hybridized carbons (Fsp3) is 0.429. The number of hydrogen-bond donors (Lipinski definition) is 0. The lowest BCUT2D eigenvalue weighted by molar-refractivity contribution is 0.0517. The Morgan fingerprint density at radius 2 is 1.05 bits per heavy atom. The predicted octanol–water partition coefficient (Wildman–Crippen LogP) is 9.67. The minimum atomic E-state index is -0.322. The molecule has 3 aromatic rings. The van der Waals surface area contributed by atoms with Crippen molar-refractivity contribution >= 4 is 34.9 Å². The molecule has 5 nitrogen and oxygen atoms in total. The Morgan fingerprint density at radius 1 is 0.610 bits per heavy atom. The maximum atomic E-state index is 12.4. The van der Waals surface area contributed by atoms with Gasteiger partial charge in [0, 0.05) is 34.9 Å². The molecule has 0 fully saturated rings. The molecular weight excluding hydrogens is 534 g/mol. The molecule has 0 saturated carbocycles. The van der Waals surface area contributed by atoms with Crippen molar-refractivity contribution in [1.82, 2.24) is 4.48 Å². The molecule has 0 aliphatic rings. The monoisotopic (exact) mass is 578 g/mol. The fourth-order valence-electron chi connectivity index (χ4n) is 5.28. The maximum Gasteiger partial charge on any atom is 0.338 e. The number of carbonyl (C=O) groups is 2. The lowest BCUT2D eigenvalue weighted by Crippen LogP contribution is -2.44. The van der Waals surface area contributed by atoms with Gasteiger partial charge in [-0.3, -0.25) is 4.48 Å². The number of ether oxygens (including phenoxy) is 2. The molecule has 0 amide bonds. The first-order chi connectivity index (χ1) is 19.9. The molecule has 0 unspecified atom stereocenters. The molecular formula is C35H45ClNO4+. The Kier molecular flexibility index (Phi) is 13.4. The molecule has 220 valence electrons. The smallest absolute Gasteiger partial charge is 0.338 e. The van der Waals surface area contributed by atoms with Crippen LogP contribution in [0, 0.1) is 0 Å². The van der Waals surface area contributed by atoms with Crippen molar-refractivity contribution in [1.29, 1.82) is 0 Å². The fourth-order valence-corrected chi connectivity index (χ4v) is 5.41. The molecule has 6 heteroatoms. The average molecular weight is 579 g/mol. The molecule has 0 aromatic heterocycles. The number of quaternary nitrogens is 1. The summed E-state index contributed by atoms with van der Waals surface area (Å²) >= 11 is 6.23. The molecule has 0 spiro atoms. The Morgan fingerprint density at radius 3 is 1.49 bits per heavy atom. The highest BCUT2D eigenvalue weighted by Gasteiger charge is 2.34. The second-order valence-electron chi connectivity index (χ2n) is 10.5. The Balaban J connectivity index is 1.99. The summed E-state index contributed by atoms with van der Waals surface area (Å²) in [7, 11) is 0. The minimum Gasteiger partial charge on any atom is -0.462 e.